The first-order valence-electron chi connectivity index (χ1n) is 5.08. The zero-order chi connectivity index (χ0) is 11.4. The van der Waals surface area contributed by atoms with E-state index in [9.17, 15) is 0 Å². The molecule has 0 saturated carbocycles. The second-order valence-electron chi connectivity index (χ2n) is 3.63. The molecule has 2 heterocycles. The van der Waals surface area contributed by atoms with Gasteiger partial charge < -0.3 is 5.32 Å². The van der Waals surface area contributed by atoms with Crippen molar-refractivity contribution in [2.24, 2.45) is 0 Å². The zero-order valence-corrected chi connectivity index (χ0v) is 11.3. The first-order chi connectivity index (χ1) is 7.75. The van der Waals surface area contributed by atoms with Crippen molar-refractivity contribution < 1.29 is 0 Å². The van der Waals surface area contributed by atoms with E-state index in [1.807, 2.05) is 23.0 Å². The molecular weight excluding hydrogens is 260 g/mol. The first-order valence-corrected chi connectivity index (χ1v) is 7.22. The number of thiophene rings is 1. The van der Waals surface area contributed by atoms with E-state index < -0.39 is 0 Å². The van der Waals surface area contributed by atoms with Gasteiger partial charge in [-0.15, -0.1) is 22.7 Å². The monoisotopic (exact) mass is 272 g/mol. The van der Waals surface area contributed by atoms with Gasteiger partial charge in [-0.2, -0.15) is 0 Å². The lowest BCUT2D eigenvalue weighted by atomic mass is 10.2. The summed E-state index contributed by atoms with van der Waals surface area (Å²) in [6, 6.07) is 2.01. The summed E-state index contributed by atoms with van der Waals surface area (Å²) in [7, 11) is 0. The summed E-state index contributed by atoms with van der Waals surface area (Å²) >= 11 is 9.26. The van der Waals surface area contributed by atoms with Crippen LogP contribution in [0, 0.1) is 0 Å². The Morgan fingerprint density at radius 2 is 2.38 bits per heavy atom. The Hall–Kier alpha value is -0.420. The van der Waals surface area contributed by atoms with Crippen molar-refractivity contribution in [3.63, 3.8) is 0 Å². The molecule has 0 aromatic carbocycles. The van der Waals surface area contributed by atoms with Crippen molar-refractivity contribution in [2.75, 3.05) is 6.54 Å². The fourth-order valence-corrected chi connectivity index (χ4v) is 3.16. The van der Waals surface area contributed by atoms with Crippen molar-refractivity contribution in [1.82, 2.24) is 10.3 Å². The number of halogens is 1. The van der Waals surface area contributed by atoms with E-state index in [0.29, 0.717) is 5.92 Å². The smallest absolute Gasteiger partial charge is 0.0965 e. The molecule has 1 unspecified atom stereocenters. The number of aromatic nitrogens is 1. The molecule has 0 aliphatic rings. The van der Waals surface area contributed by atoms with Gasteiger partial charge in [0.05, 0.1) is 10.0 Å². The number of thiazole rings is 1. The molecule has 0 bridgehead atoms. The molecule has 2 aromatic heterocycles. The Morgan fingerprint density at radius 3 is 3.00 bits per heavy atom. The van der Waals surface area contributed by atoms with Crippen molar-refractivity contribution >= 4 is 34.3 Å². The molecule has 1 N–H and O–H groups in total. The van der Waals surface area contributed by atoms with Crippen LogP contribution in [0.5, 0.6) is 0 Å². The number of nitrogens with one attached hydrogen (secondary N) is 1. The Kier molecular flexibility index (Phi) is 4.35. The number of nitrogens with zero attached hydrogens (tertiary/aromatic N) is 1. The summed E-state index contributed by atoms with van der Waals surface area (Å²) < 4.78 is 0. The second kappa shape index (κ2) is 5.77. The van der Waals surface area contributed by atoms with E-state index in [0.717, 1.165) is 18.1 Å². The first kappa shape index (κ1) is 12.0. The molecule has 0 aliphatic heterocycles. The SMILES string of the molecule is CC(CNCc1cc(Cl)cs1)c1nccs1. The number of hydrogen-bond donors (Lipinski definition) is 1. The lowest BCUT2D eigenvalue weighted by Crippen LogP contribution is -2.18. The minimum Gasteiger partial charge on any atom is -0.311 e. The highest BCUT2D eigenvalue weighted by atomic mass is 35.5. The number of rotatable bonds is 5. The molecule has 2 rings (SSSR count). The Labute approximate surface area is 108 Å². The average Bonchev–Trinajstić information content (AvgIpc) is 2.89. The van der Waals surface area contributed by atoms with Gasteiger partial charge >= 0.3 is 0 Å². The largest absolute Gasteiger partial charge is 0.311 e. The van der Waals surface area contributed by atoms with Crippen LogP contribution in [-0.4, -0.2) is 11.5 Å². The Balaban J connectivity index is 1.76. The molecule has 0 aliphatic carbocycles. The van der Waals surface area contributed by atoms with E-state index in [1.165, 1.54) is 9.88 Å². The predicted molar refractivity (Wildman–Crippen MR) is 71.6 cm³/mol. The topological polar surface area (TPSA) is 24.9 Å². The molecule has 5 heteroatoms. The van der Waals surface area contributed by atoms with Crippen molar-refractivity contribution in [2.45, 2.75) is 19.4 Å². The summed E-state index contributed by atoms with van der Waals surface area (Å²) in [6.07, 6.45) is 1.86. The highest BCUT2D eigenvalue weighted by Crippen LogP contribution is 2.20. The molecule has 0 spiro atoms. The molecule has 2 nitrogen and oxygen atoms in total. The van der Waals surface area contributed by atoms with Crippen LogP contribution in [0.15, 0.2) is 23.0 Å². The summed E-state index contributed by atoms with van der Waals surface area (Å²) in [5, 5.41) is 9.42. The van der Waals surface area contributed by atoms with Gasteiger partial charge in [0.25, 0.3) is 0 Å². The van der Waals surface area contributed by atoms with Gasteiger partial charge in [-0.25, -0.2) is 4.98 Å². The van der Waals surface area contributed by atoms with E-state index in [4.69, 9.17) is 11.6 Å². The third-order valence-corrected chi connectivity index (χ3v) is 4.54. The minimum atomic E-state index is 0.468. The summed E-state index contributed by atoms with van der Waals surface area (Å²) in [5.41, 5.74) is 0. The normalized spacial score (nSPS) is 12.9. The standard InChI is InChI=1S/C11H13ClN2S2/c1-8(11-14-2-3-15-11)5-13-6-10-4-9(12)7-16-10/h2-4,7-8,13H,5-6H2,1H3. The van der Waals surface area contributed by atoms with Gasteiger partial charge in [0.1, 0.15) is 0 Å². The van der Waals surface area contributed by atoms with Crippen molar-refractivity contribution in [3.8, 4) is 0 Å². The highest BCUT2D eigenvalue weighted by molar-refractivity contribution is 7.10. The quantitative estimate of drug-likeness (QED) is 0.897. The van der Waals surface area contributed by atoms with E-state index in [2.05, 4.69) is 17.2 Å². The third-order valence-electron chi connectivity index (χ3n) is 2.24. The predicted octanol–water partition coefficient (Wildman–Crippen LogP) is 3.75. The molecule has 0 fully saturated rings. The second-order valence-corrected chi connectivity index (χ2v) is 5.99. The van der Waals surface area contributed by atoms with Gasteiger partial charge in [-0.1, -0.05) is 18.5 Å². The Morgan fingerprint density at radius 1 is 1.50 bits per heavy atom. The molecule has 0 radical (unpaired) electrons. The zero-order valence-electron chi connectivity index (χ0n) is 8.94. The maximum atomic E-state index is 5.86. The summed E-state index contributed by atoms with van der Waals surface area (Å²) in [6.45, 7) is 4.02. The van der Waals surface area contributed by atoms with Crippen LogP contribution in [0.25, 0.3) is 0 Å². The van der Waals surface area contributed by atoms with Crippen LogP contribution in [0.1, 0.15) is 22.7 Å². The molecule has 0 amide bonds. The van der Waals surface area contributed by atoms with Crippen molar-refractivity contribution in [3.05, 3.63) is 37.9 Å². The molecule has 2 aromatic rings. The average molecular weight is 273 g/mol. The van der Waals surface area contributed by atoms with Gasteiger partial charge in [0.2, 0.25) is 0 Å². The maximum absolute atomic E-state index is 5.86. The van der Waals surface area contributed by atoms with Crippen LogP contribution >= 0.6 is 34.3 Å². The van der Waals surface area contributed by atoms with E-state index in [-0.39, 0.29) is 0 Å². The van der Waals surface area contributed by atoms with Gasteiger partial charge in [-0.3, -0.25) is 0 Å². The van der Waals surface area contributed by atoms with Crippen LogP contribution in [-0.2, 0) is 6.54 Å². The summed E-state index contributed by atoms with van der Waals surface area (Å²) in [4.78, 5) is 5.58. The molecule has 0 saturated heterocycles. The minimum absolute atomic E-state index is 0.468. The van der Waals surface area contributed by atoms with E-state index >= 15 is 0 Å². The number of hydrogen-bond acceptors (Lipinski definition) is 4. The summed E-state index contributed by atoms with van der Waals surface area (Å²) in [5.74, 6) is 0.468. The van der Waals surface area contributed by atoms with Crippen LogP contribution < -0.4 is 5.32 Å². The third kappa shape index (κ3) is 3.28. The molecule has 86 valence electrons. The molecular formula is C11H13ClN2S2. The molecule has 16 heavy (non-hydrogen) atoms. The highest BCUT2D eigenvalue weighted by Gasteiger charge is 2.07. The fourth-order valence-electron chi connectivity index (χ4n) is 1.42. The van der Waals surface area contributed by atoms with Crippen LogP contribution in [0.4, 0.5) is 0 Å². The van der Waals surface area contributed by atoms with E-state index in [1.54, 1.807) is 22.7 Å². The lowest BCUT2D eigenvalue weighted by molar-refractivity contribution is 0.616. The van der Waals surface area contributed by atoms with Gasteiger partial charge in [0.15, 0.2) is 0 Å². The van der Waals surface area contributed by atoms with Gasteiger partial charge in [0, 0.05) is 40.8 Å². The van der Waals surface area contributed by atoms with Crippen LogP contribution in [0.2, 0.25) is 5.02 Å². The van der Waals surface area contributed by atoms with Crippen LogP contribution in [0.3, 0.4) is 0 Å². The lowest BCUT2D eigenvalue weighted by Gasteiger charge is -2.08. The Bertz CT molecular complexity index is 425. The fraction of sp³-hybridized carbons (Fsp3) is 0.364. The van der Waals surface area contributed by atoms with Gasteiger partial charge in [-0.05, 0) is 6.07 Å². The maximum Gasteiger partial charge on any atom is 0.0965 e. The van der Waals surface area contributed by atoms with Crippen molar-refractivity contribution in [1.29, 1.82) is 0 Å². The molecule has 1 atom stereocenters.